The molecule has 0 aromatic carbocycles. The van der Waals surface area contributed by atoms with Crippen molar-refractivity contribution in [3.63, 3.8) is 0 Å². The summed E-state index contributed by atoms with van der Waals surface area (Å²) in [5, 5.41) is 0. The molecular weight excluding hydrogens is 175 g/mol. The van der Waals surface area contributed by atoms with Gasteiger partial charge in [0.15, 0.2) is 0 Å². The van der Waals surface area contributed by atoms with Crippen molar-refractivity contribution in [2.24, 2.45) is 17.8 Å². The lowest BCUT2D eigenvalue weighted by Crippen LogP contribution is -2.21. The van der Waals surface area contributed by atoms with Gasteiger partial charge in [-0.15, -0.1) is 6.58 Å². The molecule has 1 heteroatoms. The normalized spacial score (nSPS) is 23.0. The van der Waals surface area contributed by atoms with E-state index in [-0.39, 0.29) is 6.67 Å². The van der Waals surface area contributed by atoms with E-state index in [1.165, 1.54) is 32.1 Å². The van der Waals surface area contributed by atoms with E-state index in [4.69, 9.17) is 0 Å². The van der Waals surface area contributed by atoms with Crippen LogP contribution in [0.2, 0.25) is 0 Å². The second-order valence-corrected chi connectivity index (χ2v) is 4.76. The Labute approximate surface area is 87.6 Å². The first-order valence-electron chi connectivity index (χ1n) is 5.96. The molecule has 1 aliphatic carbocycles. The molecule has 0 spiro atoms. The Hall–Kier alpha value is -0.330. The number of rotatable bonds is 5. The summed E-state index contributed by atoms with van der Waals surface area (Å²) in [5.41, 5.74) is 0. The van der Waals surface area contributed by atoms with Crippen LogP contribution in [0.4, 0.5) is 4.39 Å². The Balaban J connectivity index is 2.38. The third-order valence-electron chi connectivity index (χ3n) is 3.59. The van der Waals surface area contributed by atoms with Crippen molar-refractivity contribution in [2.45, 2.75) is 45.4 Å². The predicted octanol–water partition coefficient (Wildman–Crippen LogP) is 4.36. The minimum absolute atomic E-state index is 0.136. The minimum atomic E-state index is -0.136. The van der Waals surface area contributed by atoms with Crippen molar-refractivity contribution in [3.05, 3.63) is 12.7 Å². The fourth-order valence-electron chi connectivity index (χ4n) is 2.56. The molecule has 0 bridgehead atoms. The minimum Gasteiger partial charge on any atom is -0.251 e. The summed E-state index contributed by atoms with van der Waals surface area (Å²) >= 11 is 0. The standard InChI is InChI=1S/C13H23F/c1-3-11(2)9-13(10-14)12-7-5-4-6-8-12/h3,11-13H,1,4-10H2,2H3. The summed E-state index contributed by atoms with van der Waals surface area (Å²) in [7, 11) is 0. The van der Waals surface area contributed by atoms with Crippen LogP contribution in [0.5, 0.6) is 0 Å². The molecule has 1 aliphatic rings. The van der Waals surface area contributed by atoms with E-state index in [1.807, 2.05) is 6.08 Å². The lowest BCUT2D eigenvalue weighted by atomic mass is 9.77. The quantitative estimate of drug-likeness (QED) is 0.576. The Morgan fingerprint density at radius 1 is 1.36 bits per heavy atom. The lowest BCUT2D eigenvalue weighted by molar-refractivity contribution is 0.184. The molecular formula is C13H23F. The largest absolute Gasteiger partial charge is 0.251 e. The molecule has 0 N–H and O–H groups in total. The number of allylic oxidation sites excluding steroid dienone is 1. The zero-order valence-corrected chi connectivity index (χ0v) is 9.34. The van der Waals surface area contributed by atoms with Gasteiger partial charge in [0.05, 0.1) is 6.67 Å². The highest BCUT2D eigenvalue weighted by Crippen LogP contribution is 2.33. The Bertz CT molecular complexity index is 159. The van der Waals surface area contributed by atoms with Gasteiger partial charge in [0, 0.05) is 0 Å². The summed E-state index contributed by atoms with van der Waals surface area (Å²) in [4.78, 5) is 0. The zero-order valence-electron chi connectivity index (χ0n) is 9.34. The van der Waals surface area contributed by atoms with Gasteiger partial charge in [-0.05, 0) is 24.2 Å². The second kappa shape index (κ2) is 6.21. The van der Waals surface area contributed by atoms with E-state index < -0.39 is 0 Å². The average Bonchev–Trinajstić information content (AvgIpc) is 2.26. The van der Waals surface area contributed by atoms with Gasteiger partial charge in [0.2, 0.25) is 0 Å². The summed E-state index contributed by atoms with van der Waals surface area (Å²) in [6.07, 6.45) is 9.41. The predicted molar refractivity (Wildman–Crippen MR) is 60.0 cm³/mol. The number of alkyl halides is 1. The van der Waals surface area contributed by atoms with Crippen LogP contribution in [0, 0.1) is 17.8 Å². The average molecular weight is 198 g/mol. The van der Waals surface area contributed by atoms with Crippen LogP contribution in [0.15, 0.2) is 12.7 Å². The first-order valence-corrected chi connectivity index (χ1v) is 5.96. The highest BCUT2D eigenvalue weighted by molar-refractivity contribution is 4.81. The van der Waals surface area contributed by atoms with Crippen LogP contribution >= 0.6 is 0 Å². The number of hydrogen-bond donors (Lipinski definition) is 0. The third-order valence-corrected chi connectivity index (χ3v) is 3.59. The van der Waals surface area contributed by atoms with Crippen molar-refractivity contribution in [1.29, 1.82) is 0 Å². The van der Waals surface area contributed by atoms with Gasteiger partial charge >= 0.3 is 0 Å². The molecule has 1 fully saturated rings. The molecule has 1 saturated carbocycles. The van der Waals surface area contributed by atoms with Gasteiger partial charge in [-0.2, -0.15) is 0 Å². The van der Waals surface area contributed by atoms with Gasteiger partial charge in [0.25, 0.3) is 0 Å². The van der Waals surface area contributed by atoms with Gasteiger partial charge in [-0.3, -0.25) is 4.39 Å². The number of halogens is 1. The van der Waals surface area contributed by atoms with E-state index in [0.717, 1.165) is 6.42 Å². The van der Waals surface area contributed by atoms with Gasteiger partial charge < -0.3 is 0 Å². The first kappa shape index (κ1) is 11.7. The lowest BCUT2D eigenvalue weighted by Gasteiger charge is -2.29. The Kier molecular flexibility index (Phi) is 5.21. The van der Waals surface area contributed by atoms with Crippen molar-refractivity contribution in [2.75, 3.05) is 6.67 Å². The topological polar surface area (TPSA) is 0 Å². The van der Waals surface area contributed by atoms with Crippen LogP contribution in [-0.2, 0) is 0 Å². The van der Waals surface area contributed by atoms with Crippen LogP contribution in [0.1, 0.15) is 45.4 Å². The maximum Gasteiger partial charge on any atom is 0.0925 e. The molecule has 2 atom stereocenters. The highest BCUT2D eigenvalue weighted by Gasteiger charge is 2.24. The third kappa shape index (κ3) is 3.43. The molecule has 0 aromatic rings. The summed E-state index contributed by atoms with van der Waals surface area (Å²) in [6.45, 7) is 5.77. The Morgan fingerprint density at radius 2 is 2.00 bits per heavy atom. The van der Waals surface area contributed by atoms with Crippen LogP contribution in [-0.4, -0.2) is 6.67 Å². The van der Waals surface area contributed by atoms with E-state index in [1.54, 1.807) is 0 Å². The van der Waals surface area contributed by atoms with E-state index in [0.29, 0.717) is 17.8 Å². The van der Waals surface area contributed by atoms with Crippen molar-refractivity contribution in [3.8, 4) is 0 Å². The first-order chi connectivity index (χ1) is 6.77. The Morgan fingerprint density at radius 3 is 2.50 bits per heavy atom. The molecule has 2 unspecified atom stereocenters. The maximum atomic E-state index is 12.9. The molecule has 0 radical (unpaired) electrons. The van der Waals surface area contributed by atoms with E-state index >= 15 is 0 Å². The number of hydrogen-bond acceptors (Lipinski definition) is 0. The summed E-state index contributed by atoms with van der Waals surface area (Å²) in [5.74, 6) is 1.41. The molecule has 0 nitrogen and oxygen atoms in total. The van der Waals surface area contributed by atoms with Crippen LogP contribution in [0.25, 0.3) is 0 Å². The molecule has 0 aromatic heterocycles. The van der Waals surface area contributed by atoms with Crippen molar-refractivity contribution < 1.29 is 4.39 Å². The molecule has 1 rings (SSSR count). The molecule has 0 saturated heterocycles. The van der Waals surface area contributed by atoms with E-state index in [2.05, 4.69) is 13.5 Å². The molecule has 0 amide bonds. The zero-order chi connectivity index (χ0) is 10.4. The van der Waals surface area contributed by atoms with Crippen molar-refractivity contribution in [1.82, 2.24) is 0 Å². The fourth-order valence-corrected chi connectivity index (χ4v) is 2.56. The fraction of sp³-hybridized carbons (Fsp3) is 0.846. The van der Waals surface area contributed by atoms with Crippen LogP contribution in [0.3, 0.4) is 0 Å². The summed E-state index contributed by atoms with van der Waals surface area (Å²) < 4.78 is 12.9. The SMILES string of the molecule is C=CC(C)CC(CF)C1CCCCC1. The molecule has 14 heavy (non-hydrogen) atoms. The maximum absolute atomic E-state index is 12.9. The van der Waals surface area contributed by atoms with Gasteiger partial charge in [0.1, 0.15) is 0 Å². The molecule has 82 valence electrons. The highest BCUT2D eigenvalue weighted by atomic mass is 19.1. The van der Waals surface area contributed by atoms with Crippen molar-refractivity contribution >= 4 is 0 Å². The summed E-state index contributed by atoms with van der Waals surface area (Å²) in [6, 6.07) is 0. The van der Waals surface area contributed by atoms with Gasteiger partial charge in [-0.25, -0.2) is 0 Å². The molecule has 0 heterocycles. The van der Waals surface area contributed by atoms with Gasteiger partial charge in [-0.1, -0.05) is 45.1 Å². The molecule has 0 aliphatic heterocycles. The second-order valence-electron chi connectivity index (χ2n) is 4.76. The monoisotopic (exact) mass is 198 g/mol. The van der Waals surface area contributed by atoms with Crippen LogP contribution < -0.4 is 0 Å². The smallest absolute Gasteiger partial charge is 0.0925 e. The van der Waals surface area contributed by atoms with E-state index in [9.17, 15) is 4.39 Å².